The van der Waals surface area contributed by atoms with Crippen LogP contribution < -0.4 is 15.6 Å². The van der Waals surface area contributed by atoms with Crippen LogP contribution >= 0.6 is 11.8 Å². The first-order valence-electron chi connectivity index (χ1n) is 7.20. The van der Waals surface area contributed by atoms with Gasteiger partial charge in [-0.3, -0.25) is 9.59 Å². The van der Waals surface area contributed by atoms with Gasteiger partial charge in [-0.05, 0) is 32.9 Å². The number of hydrogen-bond donors (Lipinski definition) is 2. The lowest BCUT2D eigenvalue weighted by Gasteiger charge is -2.14. The summed E-state index contributed by atoms with van der Waals surface area (Å²) in [5.74, 6) is 0.574. The fraction of sp³-hybridized carbons (Fsp3) is 0.312. The number of benzene rings is 1. The van der Waals surface area contributed by atoms with Gasteiger partial charge in [0.05, 0.1) is 17.5 Å². The highest BCUT2D eigenvalue weighted by atomic mass is 32.2. The van der Waals surface area contributed by atoms with Gasteiger partial charge < -0.3 is 15.0 Å². The van der Waals surface area contributed by atoms with Crippen molar-refractivity contribution in [3.63, 3.8) is 0 Å². The monoisotopic (exact) mass is 333 g/mol. The first kappa shape index (κ1) is 17.1. The standard InChI is InChI=1S/C16H19N3O3S/c1-10(2)22-13-7-5-4-6-12(13)18-15(21)9-23-16-17-11(3)8-14(20)19-16/h4-8,10H,9H2,1-3H3,(H,18,21)(H,17,19,20). The van der Waals surface area contributed by atoms with Gasteiger partial charge in [0.1, 0.15) is 5.75 Å². The van der Waals surface area contributed by atoms with Crippen molar-refractivity contribution in [3.8, 4) is 5.75 Å². The molecule has 0 radical (unpaired) electrons. The van der Waals surface area contributed by atoms with E-state index in [1.54, 1.807) is 13.0 Å². The highest BCUT2D eigenvalue weighted by Crippen LogP contribution is 2.25. The van der Waals surface area contributed by atoms with Crippen molar-refractivity contribution in [2.75, 3.05) is 11.1 Å². The fourth-order valence-electron chi connectivity index (χ4n) is 1.87. The first-order valence-corrected chi connectivity index (χ1v) is 8.19. The van der Waals surface area contributed by atoms with Crippen LogP contribution in [0.4, 0.5) is 5.69 Å². The molecule has 0 saturated carbocycles. The van der Waals surface area contributed by atoms with Gasteiger partial charge in [-0.15, -0.1) is 0 Å². The van der Waals surface area contributed by atoms with E-state index in [-0.39, 0.29) is 23.3 Å². The summed E-state index contributed by atoms with van der Waals surface area (Å²) in [5, 5.41) is 3.24. The summed E-state index contributed by atoms with van der Waals surface area (Å²) >= 11 is 1.18. The van der Waals surface area contributed by atoms with Crippen LogP contribution in [0.15, 0.2) is 40.3 Å². The summed E-state index contributed by atoms with van der Waals surface area (Å²) in [6.07, 6.45) is 0.0176. The highest BCUT2D eigenvalue weighted by molar-refractivity contribution is 7.99. The molecule has 0 aliphatic rings. The Hall–Kier alpha value is -2.28. The van der Waals surface area contributed by atoms with Crippen molar-refractivity contribution in [2.45, 2.75) is 32.0 Å². The number of nitrogens with zero attached hydrogens (tertiary/aromatic N) is 1. The van der Waals surface area contributed by atoms with Crippen LogP contribution in [0, 0.1) is 6.92 Å². The number of ether oxygens (including phenoxy) is 1. The van der Waals surface area contributed by atoms with Gasteiger partial charge in [-0.2, -0.15) is 0 Å². The first-order chi connectivity index (χ1) is 10.9. The Balaban J connectivity index is 1.98. The van der Waals surface area contributed by atoms with Gasteiger partial charge in [0, 0.05) is 11.8 Å². The van der Waals surface area contributed by atoms with Gasteiger partial charge >= 0.3 is 0 Å². The number of carbonyl (C=O) groups is 1. The maximum absolute atomic E-state index is 12.1. The van der Waals surface area contributed by atoms with E-state index in [1.807, 2.05) is 32.0 Å². The number of aryl methyl sites for hydroxylation is 1. The van der Waals surface area contributed by atoms with Gasteiger partial charge in [0.2, 0.25) is 5.91 Å². The molecule has 0 spiro atoms. The second-order valence-electron chi connectivity index (χ2n) is 5.19. The molecule has 0 unspecified atom stereocenters. The number of anilines is 1. The van der Waals surface area contributed by atoms with Crippen molar-refractivity contribution in [2.24, 2.45) is 0 Å². The number of nitrogens with one attached hydrogen (secondary N) is 2. The molecule has 0 fully saturated rings. The molecule has 2 aromatic rings. The third-order valence-corrected chi connectivity index (χ3v) is 3.59. The SMILES string of the molecule is Cc1cc(=O)[nH]c(SCC(=O)Nc2ccccc2OC(C)C)n1. The van der Waals surface area contributed by atoms with Crippen LogP contribution in [-0.2, 0) is 4.79 Å². The molecule has 1 aromatic carbocycles. The van der Waals surface area contributed by atoms with Crippen molar-refractivity contribution in [1.82, 2.24) is 9.97 Å². The van der Waals surface area contributed by atoms with Crippen LogP contribution in [0.2, 0.25) is 0 Å². The van der Waals surface area contributed by atoms with Crippen LogP contribution in [0.25, 0.3) is 0 Å². The smallest absolute Gasteiger partial charge is 0.251 e. The van der Waals surface area contributed by atoms with E-state index in [1.165, 1.54) is 17.8 Å². The molecule has 6 nitrogen and oxygen atoms in total. The number of hydrogen-bond acceptors (Lipinski definition) is 5. The molecule has 23 heavy (non-hydrogen) atoms. The lowest BCUT2D eigenvalue weighted by atomic mass is 10.3. The van der Waals surface area contributed by atoms with Crippen LogP contribution in [0.5, 0.6) is 5.75 Å². The third kappa shape index (κ3) is 5.45. The minimum absolute atomic E-state index is 0.0176. The summed E-state index contributed by atoms with van der Waals surface area (Å²) in [5.41, 5.74) is 1.01. The number of rotatable bonds is 6. The van der Waals surface area contributed by atoms with Gasteiger partial charge in [0.15, 0.2) is 5.16 Å². The Morgan fingerprint density at radius 2 is 2.13 bits per heavy atom. The summed E-state index contributed by atoms with van der Waals surface area (Å²) in [4.78, 5) is 30.2. The minimum atomic E-state index is -0.226. The maximum Gasteiger partial charge on any atom is 0.251 e. The van der Waals surface area contributed by atoms with Crippen molar-refractivity contribution in [3.05, 3.63) is 46.4 Å². The number of aromatic nitrogens is 2. The third-order valence-electron chi connectivity index (χ3n) is 2.71. The summed E-state index contributed by atoms with van der Waals surface area (Å²) in [6.45, 7) is 5.58. The number of thioether (sulfide) groups is 1. The number of carbonyl (C=O) groups excluding carboxylic acids is 1. The van der Waals surface area contributed by atoms with E-state index in [0.717, 1.165) is 0 Å². The van der Waals surface area contributed by atoms with E-state index in [2.05, 4.69) is 15.3 Å². The number of amides is 1. The molecular formula is C16H19N3O3S. The molecule has 0 bridgehead atoms. The molecule has 1 heterocycles. The molecule has 7 heteroatoms. The largest absolute Gasteiger partial charge is 0.489 e. The second-order valence-corrected chi connectivity index (χ2v) is 6.16. The summed E-state index contributed by atoms with van der Waals surface area (Å²) in [7, 11) is 0. The molecular weight excluding hydrogens is 314 g/mol. The fourth-order valence-corrected chi connectivity index (χ4v) is 2.59. The summed E-state index contributed by atoms with van der Waals surface area (Å²) in [6, 6.07) is 8.68. The Morgan fingerprint density at radius 1 is 1.39 bits per heavy atom. The Kier molecular flexibility index (Phi) is 5.81. The molecule has 1 amide bonds. The minimum Gasteiger partial charge on any atom is -0.489 e. The molecule has 2 N–H and O–H groups in total. The summed E-state index contributed by atoms with van der Waals surface area (Å²) < 4.78 is 5.66. The molecule has 1 aromatic heterocycles. The topological polar surface area (TPSA) is 84.1 Å². The predicted molar refractivity (Wildman–Crippen MR) is 91.2 cm³/mol. The van der Waals surface area contributed by atoms with E-state index < -0.39 is 0 Å². The van der Waals surface area contributed by atoms with Gasteiger partial charge in [0.25, 0.3) is 5.56 Å². The molecule has 0 aliphatic carbocycles. The zero-order valence-electron chi connectivity index (χ0n) is 13.3. The second kappa shape index (κ2) is 7.82. The Labute approximate surface area is 138 Å². The van der Waals surface area contributed by atoms with Crippen molar-refractivity contribution in [1.29, 1.82) is 0 Å². The normalized spacial score (nSPS) is 10.6. The zero-order valence-corrected chi connectivity index (χ0v) is 14.1. The van der Waals surface area contributed by atoms with Crippen LogP contribution in [-0.4, -0.2) is 27.7 Å². The van der Waals surface area contributed by atoms with Gasteiger partial charge in [-0.1, -0.05) is 23.9 Å². The predicted octanol–water partition coefficient (Wildman–Crippen LogP) is 2.60. The number of para-hydroxylation sites is 2. The average Bonchev–Trinajstić information content (AvgIpc) is 2.46. The molecule has 0 atom stereocenters. The number of aromatic amines is 1. The molecule has 2 rings (SSSR count). The van der Waals surface area contributed by atoms with Crippen LogP contribution in [0.3, 0.4) is 0 Å². The Morgan fingerprint density at radius 3 is 2.83 bits per heavy atom. The lowest BCUT2D eigenvalue weighted by molar-refractivity contribution is -0.113. The highest BCUT2D eigenvalue weighted by Gasteiger charge is 2.10. The van der Waals surface area contributed by atoms with Crippen molar-refractivity contribution < 1.29 is 9.53 Å². The molecule has 0 saturated heterocycles. The molecule has 122 valence electrons. The zero-order chi connectivity index (χ0) is 16.8. The van der Waals surface area contributed by atoms with Crippen LogP contribution in [0.1, 0.15) is 19.5 Å². The van der Waals surface area contributed by atoms with Gasteiger partial charge in [-0.25, -0.2) is 4.98 Å². The average molecular weight is 333 g/mol. The maximum atomic E-state index is 12.1. The molecule has 0 aliphatic heterocycles. The van der Waals surface area contributed by atoms with E-state index >= 15 is 0 Å². The van der Waals surface area contributed by atoms with E-state index in [4.69, 9.17) is 4.74 Å². The lowest BCUT2D eigenvalue weighted by Crippen LogP contribution is -2.17. The van der Waals surface area contributed by atoms with E-state index in [9.17, 15) is 9.59 Å². The quantitative estimate of drug-likeness (QED) is 0.627. The van der Waals surface area contributed by atoms with E-state index in [0.29, 0.717) is 22.3 Å². The Bertz CT molecular complexity index is 743. The van der Waals surface area contributed by atoms with Crippen molar-refractivity contribution >= 4 is 23.4 Å². The number of H-pyrrole nitrogens is 1.